The molecule has 2 unspecified atom stereocenters. The highest BCUT2D eigenvalue weighted by Crippen LogP contribution is 2.60. The largest absolute Gasteiger partial charge is 0.508 e. The SMILES string of the molecule is CCC(c1ccc(C2CCCCC2)cc1)c1cc(C)c(OCC(=O)OC23CC4CC(C2)CC(OC(=O)COc2cc(O)c(C(CC)c5ccc(C6CCCCC6)cc5)cc2C)(C4)C3)cc1O. The van der Waals surface area contributed by atoms with Crippen LogP contribution in [0.4, 0.5) is 0 Å². The molecule has 0 aliphatic heterocycles. The second kappa shape index (κ2) is 19.7. The summed E-state index contributed by atoms with van der Waals surface area (Å²) < 4.78 is 24.8. The summed E-state index contributed by atoms with van der Waals surface area (Å²) in [5.74, 6) is 2.23. The third kappa shape index (κ3) is 9.99. The number of esters is 2. The quantitative estimate of drug-likeness (QED) is 0.107. The molecule has 0 spiro atoms. The average Bonchev–Trinajstić information content (AvgIpc) is 3.31. The van der Waals surface area contributed by atoms with E-state index in [2.05, 4.69) is 62.4 Å². The summed E-state index contributed by atoms with van der Waals surface area (Å²) in [5.41, 5.74) is 7.15. The summed E-state index contributed by atoms with van der Waals surface area (Å²) in [5, 5.41) is 22.6. The first-order valence-corrected chi connectivity index (χ1v) is 25.5. The van der Waals surface area contributed by atoms with Crippen LogP contribution < -0.4 is 9.47 Å². The van der Waals surface area contributed by atoms with Crippen molar-refractivity contribution in [1.29, 1.82) is 0 Å². The molecule has 2 N–H and O–H groups in total. The molecule has 10 rings (SSSR count). The first kappa shape index (κ1) is 46.1. The average molecular weight is 897 g/mol. The molecule has 2 atom stereocenters. The van der Waals surface area contributed by atoms with Crippen molar-refractivity contribution in [2.24, 2.45) is 11.8 Å². The minimum atomic E-state index is -0.724. The van der Waals surface area contributed by atoms with Crippen LogP contribution in [0.25, 0.3) is 0 Å². The van der Waals surface area contributed by atoms with Crippen LogP contribution >= 0.6 is 0 Å². The van der Waals surface area contributed by atoms with Gasteiger partial charge in [-0.3, -0.25) is 0 Å². The number of carbonyl (C=O) groups excluding carboxylic acids is 2. The number of phenols is 2. The molecule has 6 fully saturated rings. The van der Waals surface area contributed by atoms with Crippen molar-refractivity contribution in [1.82, 2.24) is 0 Å². The van der Waals surface area contributed by atoms with Crippen LogP contribution in [0.3, 0.4) is 0 Å². The van der Waals surface area contributed by atoms with Gasteiger partial charge in [0.15, 0.2) is 13.2 Å². The lowest BCUT2D eigenvalue weighted by atomic mass is 9.52. The highest BCUT2D eigenvalue weighted by Gasteiger charge is 2.61. The van der Waals surface area contributed by atoms with Gasteiger partial charge in [-0.1, -0.05) is 101 Å². The zero-order valence-corrected chi connectivity index (χ0v) is 39.9. The standard InChI is InChI=1S/C58H72O8/c1-5-47(45-21-17-43(18-22-45)41-13-9-7-10-14-41)49-25-37(3)53(28-51(49)59)63-34-55(61)65-57-30-39-27-40(31-57)33-58(32-39,36-57)66-56(62)35-64-54-29-52(60)50(26-38(54)4)48(6-2)46-23-19-44(20-24-46)42-15-11-8-12-16-42/h17-26,28-29,39-42,47-48,59-60H,5-16,27,30-36H2,1-4H3. The number of hydrogen-bond donors (Lipinski definition) is 2. The number of phenolic OH excluding ortho intramolecular Hbond substituents is 2. The number of ether oxygens (including phenoxy) is 4. The van der Waals surface area contributed by atoms with Crippen molar-refractivity contribution >= 4 is 11.9 Å². The van der Waals surface area contributed by atoms with Crippen molar-refractivity contribution in [3.05, 3.63) is 117 Å². The van der Waals surface area contributed by atoms with E-state index in [0.29, 0.717) is 29.8 Å². The van der Waals surface area contributed by atoms with Crippen LogP contribution in [-0.4, -0.2) is 46.6 Å². The molecule has 8 heteroatoms. The fourth-order valence-electron chi connectivity index (χ4n) is 13.6. The Morgan fingerprint density at radius 2 is 0.955 bits per heavy atom. The number of hydrogen-bond acceptors (Lipinski definition) is 8. The molecule has 6 aliphatic carbocycles. The lowest BCUT2D eigenvalue weighted by Gasteiger charge is -2.60. The predicted molar refractivity (Wildman–Crippen MR) is 258 cm³/mol. The second-order valence-electron chi connectivity index (χ2n) is 21.1. The molecule has 0 radical (unpaired) electrons. The number of aryl methyl sites for hydroxylation is 2. The molecule has 352 valence electrons. The molecule has 0 aromatic heterocycles. The summed E-state index contributed by atoms with van der Waals surface area (Å²) in [6.07, 6.45) is 19.1. The van der Waals surface area contributed by atoms with Crippen LogP contribution in [-0.2, 0) is 19.1 Å². The van der Waals surface area contributed by atoms with Gasteiger partial charge >= 0.3 is 11.9 Å². The Hall–Kier alpha value is -4.98. The van der Waals surface area contributed by atoms with E-state index in [1.165, 1.54) is 86.5 Å². The van der Waals surface area contributed by atoms with E-state index in [1.807, 2.05) is 26.0 Å². The van der Waals surface area contributed by atoms with Crippen LogP contribution in [0, 0.1) is 25.7 Å². The summed E-state index contributed by atoms with van der Waals surface area (Å²) >= 11 is 0. The lowest BCUT2D eigenvalue weighted by Crippen LogP contribution is -2.62. The predicted octanol–water partition coefficient (Wildman–Crippen LogP) is 13.5. The topological polar surface area (TPSA) is 112 Å². The third-order valence-corrected chi connectivity index (χ3v) is 16.4. The highest BCUT2D eigenvalue weighted by molar-refractivity contribution is 5.73. The van der Waals surface area contributed by atoms with Crippen LogP contribution in [0.15, 0.2) is 72.8 Å². The zero-order chi connectivity index (χ0) is 46.0. The second-order valence-corrected chi connectivity index (χ2v) is 21.1. The van der Waals surface area contributed by atoms with E-state index in [0.717, 1.165) is 67.2 Å². The maximum absolute atomic E-state index is 13.6. The molecule has 8 nitrogen and oxygen atoms in total. The van der Waals surface area contributed by atoms with Gasteiger partial charge in [-0.15, -0.1) is 0 Å². The van der Waals surface area contributed by atoms with E-state index in [-0.39, 0.29) is 48.4 Å². The molecular formula is C58H72O8. The Kier molecular flexibility index (Phi) is 13.8. The van der Waals surface area contributed by atoms with Crippen LogP contribution in [0.5, 0.6) is 23.0 Å². The van der Waals surface area contributed by atoms with Crippen molar-refractivity contribution in [2.75, 3.05) is 13.2 Å². The van der Waals surface area contributed by atoms with E-state index < -0.39 is 23.1 Å². The fourth-order valence-corrected chi connectivity index (χ4v) is 13.6. The monoisotopic (exact) mass is 897 g/mol. The van der Waals surface area contributed by atoms with Gasteiger partial charge in [0, 0.05) is 41.5 Å². The Labute approximate surface area is 392 Å². The van der Waals surface area contributed by atoms with Crippen LogP contribution in [0.1, 0.15) is 198 Å². The molecule has 0 saturated heterocycles. The first-order valence-electron chi connectivity index (χ1n) is 25.5. The number of rotatable bonds is 16. The minimum Gasteiger partial charge on any atom is -0.508 e. The van der Waals surface area contributed by atoms with Crippen molar-refractivity contribution in [3.63, 3.8) is 0 Å². The maximum Gasteiger partial charge on any atom is 0.344 e. The fraction of sp³-hybridized carbons (Fsp3) is 0.552. The molecule has 6 saturated carbocycles. The van der Waals surface area contributed by atoms with Crippen molar-refractivity contribution in [3.8, 4) is 23.0 Å². The molecule has 4 aromatic rings. The van der Waals surface area contributed by atoms with E-state index >= 15 is 0 Å². The van der Waals surface area contributed by atoms with Crippen molar-refractivity contribution < 1.29 is 38.7 Å². The molecular weight excluding hydrogens is 825 g/mol. The molecule has 4 bridgehead atoms. The van der Waals surface area contributed by atoms with E-state index in [4.69, 9.17) is 18.9 Å². The van der Waals surface area contributed by atoms with Crippen molar-refractivity contribution in [2.45, 2.75) is 178 Å². The van der Waals surface area contributed by atoms with Crippen LogP contribution in [0.2, 0.25) is 0 Å². The smallest absolute Gasteiger partial charge is 0.344 e. The first-order chi connectivity index (χ1) is 31.9. The van der Waals surface area contributed by atoms with Gasteiger partial charge in [0.25, 0.3) is 0 Å². The van der Waals surface area contributed by atoms with Gasteiger partial charge in [-0.05, 0) is 154 Å². The van der Waals surface area contributed by atoms with Gasteiger partial charge in [0.1, 0.15) is 34.2 Å². The molecule has 0 heterocycles. The summed E-state index contributed by atoms with van der Waals surface area (Å²) in [6.45, 7) is 7.61. The Morgan fingerprint density at radius 3 is 1.32 bits per heavy atom. The number of carbonyl (C=O) groups is 2. The third-order valence-electron chi connectivity index (χ3n) is 16.4. The number of aromatic hydroxyl groups is 2. The summed E-state index contributed by atoms with van der Waals surface area (Å²) in [4.78, 5) is 27.1. The van der Waals surface area contributed by atoms with Gasteiger partial charge in [0.05, 0.1) is 0 Å². The molecule has 6 aliphatic rings. The summed E-state index contributed by atoms with van der Waals surface area (Å²) in [7, 11) is 0. The molecule has 0 amide bonds. The Morgan fingerprint density at radius 1 is 0.576 bits per heavy atom. The lowest BCUT2D eigenvalue weighted by molar-refractivity contribution is -0.232. The maximum atomic E-state index is 13.6. The summed E-state index contributed by atoms with van der Waals surface area (Å²) in [6, 6.07) is 25.2. The van der Waals surface area contributed by atoms with Gasteiger partial charge < -0.3 is 29.2 Å². The van der Waals surface area contributed by atoms with Gasteiger partial charge in [0.2, 0.25) is 0 Å². The molecule has 66 heavy (non-hydrogen) atoms. The van der Waals surface area contributed by atoms with E-state index in [9.17, 15) is 19.8 Å². The highest BCUT2D eigenvalue weighted by atomic mass is 16.6. The van der Waals surface area contributed by atoms with Gasteiger partial charge in [-0.2, -0.15) is 0 Å². The normalized spacial score (nSPS) is 25.0. The Balaban J connectivity index is 0.794. The number of benzene rings is 4. The minimum absolute atomic E-state index is 0.0366. The molecule has 4 aromatic carbocycles. The van der Waals surface area contributed by atoms with Gasteiger partial charge in [-0.25, -0.2) is 9.59 Å². The zero-order valence-electron chi connectivity index (χ0n) is 39.9. The van der Waals surface area contributed by atoms with E-state index in [1.54, 1.807) is 12.1 Å². The Bertz CT molecular complexity index is 2160.